The molecule has 2 aromatic heterocycles. The minimum atomic E-state index is -3.34. The van der Waals surface area contributed by atoms with Crippen LogP contribution in [0, 0.1) is 12.9 Å². The largest absolute Gasteiger partial charge is 0.296 e. The van der Waals surface area contributed by atoms with Gasteiger partial charge in [0.15, 0.2) is 9.84 Å². The molecule has 2 aliphatic heterocycles. The van der Waals surface area contributed by atoms with Gasteiger partial charge in [-0.2, -0.15) is 4.39 Å². The Balaban J connectivity index is 1.49. The number of hydrogen-bond donors (Lipinski definition) is 0. The van der Waals surface area contributed by atoms with Gasteiger partial charge in [0.1, 0.15) is 0 Å². The van der Waals surface area contributed by atoms with Crippen LogP contribution in [-0.2, 0) is 16.4 Å². The summed E-state index contributed by atoms with van der Waals surface area (Å²) in [5.74, 6) is -0.570. The molecular formula is C20H18FN3O2S2. The quantitative estimate of drug-likeness (QED) is 0.614. The highest BCUT2D eigenvalue weighted by Gasteiger charge is 2.50. The Bertz CT molecular complexity index is 1160. The third-order valence-electron chi connectivity index (χ3n) is 5.73. The molecule has 4 heterocycles. The van der Waals surface area contributed by atoms with E-state index in [0.29, 0.717) is 18.0 Å². The number of fused-ring (bicyclic) bond motifs is 3. The van der Waals surface area contributed by atoms with Crippen LogP contribution in [0.15, 0.2) is 46.9 Å². The fourth-order valence-corrected chi connectivity index (χ4v) is 7.28. The van der Waals surface area contributed by atoms with E-state index in [9.17, 15) is 12.8 Å². The molecule has 5 rings (SSSR count). The lowest BCUT2D eigenvalue weighted by atomic mass is 9.95. The Kier molecular flexibility index (Phi) is 4.12. The van der Waals surface area contributed by atoms with Crippen LogP contribution in [0.25, 0.3) is 11.1 Å². The molecule has 5 nitrogen and oxygen atoms in total. The highest BCUT2D eigenvalue weighted by molar-refractivity contribution is 7.92. The van der Waals surface area contributed by atoms with Gasteiger partial charge in [-0.05, 0) is 42.3 Å². The minimum Gasteiger partial charge on any atom is -0.296 e. The number of nitrogens with zero attached hydrogens (tertiary/aromatic N) is 3. The maximum atomic E-state index is 13.1. The lowest BCUT2D eigenvalue weighted by molar-refractivity contribution is 0.327. The van der Waals surface area contributed by atoms with Gasteiger partial charge in [-0.1, -0.05) is 6.07 Å². The van der Waals surface area contributed by atoms with Gasteiger partial charge in [-0.25, -0.2) is 18.4 Å². The zero-order valence-electron chi connectivity index (χ0n) is 15.2. The number of halogens is 1. The summed E-state index contributed by atoms with van der Waals surface area (Å²) in [5, 5.41) is -0.405. The van der Waals surface area contributed by atoms with Crippen molar-refractivity contribution >= 4 is 21.2 Å². The number of thiazole rings is 1. The Morgan fingerprint density at radius 3 is 2.71 bits per heavy atom. The van der Waals surface area contributed by atoms with Crippen LogP contribution in [0.4, 0.5) is 4.39 Å². The Hall–Kier alpha value is -2.16. The first-order chi connectivity index (χ1) is 13.4. The summed E-state index contributed by atoms with van der Waals surface area (Å²) in [7, 11) is -3.34. The third kappa shape index (κ3) is 2.78. The van der Waals surface area contributed by atoms with Crippen molar-refractivity contribution in [2.75, 3.05) is 13.1 Å². The number of aromatic nitrogens is 2. The van der Waals surface area contributed by atoms with Crippen LogP contribution in [0.5, 0.6) is 0 Å². The first-order valence-electron chi connectivity index (χ1n) is 9.04. The van der Waals surface area contributed by atoms with Crippen molar-refractivity contribution in [3.05, 3.63) is 64.1 Å². The molecule has 0 N–H and O–H groups in total. The second kappa shape index (κ2) is 6.43. The maximum Gasteiger partial charge on any atom is 0.212 e. The summed E-state index contributed by atoms with van der Waals surface area (Å²) in [6, 6.07) is 8.40. The number of likely N-dealkylation sites (tertiary alicyclic amines) is 1. The standard InChI is InChI=1S/C20H18FN3O2S2/c1-12-17(27-11-23-12)9-24-8-16-15-6-13(14-3-5-20(21)22-7-14)2-4-18(15)28(25,26)19(16)10-24/h2-7,11,16,19H,8-10H2,1H3/t16-,19+/m0/s1. The van der Waals surface area contributed by atoms with Crippen molar-refractivity contribution in [1.29, 1.82) is 0 Å². The van der Waals surface area contributed by atoms with E-state index in [1.165, 1.54) is 17.1 Å². The van der Waals surface area contributed by atoms with Gasteiger partial charge < -0.3 is 0 Å². The van der Waals surface area contributed by atoms with Gasteiger partial charge in [0.2, 0.25) is 5.95 Å². The number of benzene rings is 1. The number of pyridine rings is 1. The molecule has 0 spiro atoms. The third-order valence-corrected chi connectivity index (χ3v) is 8.91. The van der Waals surface area contributed by atoms with Crippen LogP contribution in [0.1, 0.15) is 22.1 Å². The van der Waals surface area contributed by atoms with Gasteiger partial charge in [-0.3, -0.25) is 4.90 Å². The van der Waals surface area contributed by atoms with Crippen molar-refractivity contribution in [1.82, 2.24) is 14.9 Å². The molecule has 144 valence electrons. The van der Waals surface area contributed by atoms with Crippen molar-refractivity contribution in [2.45, 2.75) is 29.5 Å². The summed E-state index contributed by atoms with van der Waals surface area (Å²) < 4.78 is 39.3. The molecular weight excluding hydrogens is 397 g/mol. The summed E-state index contributed by atoms with van der Waals surface area (Å²) in [6.07, 6.45) is 1.48. The van der Waals surface area contributed by atoms with E-state index < -0.39 is 21.0 Å². The fraction of sp³-hybridized carbons (Fsp3) is 0.300. The highest BCUT2D eigenvalue weighted by atomic mass is 32.2. The van der Waals surface area contributed by atoms with Crippen LogP contribution in [0.2, 0.25) is 0 Å². The molecule has 2 atom stereocenters. The fourth-order valence-electron chi connectivity index (χ4n) is 4.26. The molecule has 1 fully saturated rings. The number of aryl methyl sites for hydroxylation is 1. The molecule has 0 radical (unpaired) electrons. The molecule has 0 unspecified atom stereocenters. The molecule has 0 saturated carbocycles. The van der Waals surface area contributed by atoms with Crippen LogP contribution >= 0.6 is 11.3 Å². The Labute approximate surface area is 166 Å². The lowest BCUT2D eigenvalue weighted by Gasteiger charge is -2.17. The molecule has 0 bridgehead atoms. The van der Waals surface area contributed by atoms with Crippen molar-refractivity contribution in [3.63, 3.8) is 0 Å². The summed E-state index contributed by atoms with van der Waals surface area (Å²) in [5.41, 5.74) is 5.35. The zero-order chi connectivity index (χ0) is 19.5. The highest BCUT2D eigenvalue weighted by Crippen LogP contribution is 2.46. The van der Waals surface area contributed by atoms with E-state index in [1.807, 2.05) is 18.5 Å². The molecule has 3 aromatic rings. The van der Waals surface area contributed by atoms with Crippen molar-refractivity contribution in [2.24, 2.45) is 0 Å². The van der Waals surface area contributed by atoms with E-state index in [1.54, 1.807) is 29.5 Å². The normalized spacial score (nSPS) is 22.9. The van der Waals surface area contributed by atoms with Gasteiger partial charge in [-0.15, -0.1) is 11.3 Å². The molecule has 8 heteroatoms. The topological polar surface area (TPSA) is 63.2 Å². The smallest absolute Gasteiger partial charge is 0.212 e. The lowest BCUT2D eigenvalue weighted by Crippen LogP contribution is -2.25. The molecule has 0 aliphatic carbocycles. The SMILES string of the molecule is Cc1ncsc1CN1C[C@@H]2[C@@H](C1)c1cc(-c3ccc(F)nc3)ccc1S2(=O)=O. The van der Waals surface area contributed by atoms with Crippen LogP contribution in [0.3, 0.4) is 0 Å². The molecule has 2 aliphatic rings. The molecule has 28 heavy (non-hydrogen) atoms. The first-order valence-corrected chi connectivity index (χ1v) is 11.5. The zero-order valence-corrected chi connectivity index (χ0v) is 16.8. The number of rotatable bonds is 3. The van der Waals surface area contributed by atoms with Gasteiger partial charge in [0.25, 0.3) is 0 Å². The maximum absolute atomic E-state index is 13.1. The van der Waals surface area contributed by atoms with E-state index in [-0.39, 0.29) is 5.92 Å². The molecule has 1 aromatic carbocycles. The second-order valence-electron chi connectivity index (χ2n) is 7.37. The second-order valence-corrected chi connectivity index (χ2v) is 10.4. The Morgan fingerprint density at radius 1 is 1.18 bits per heavy atom. The van der Waals surface area contributed by atoms with Gasteiger partial charge in [0, 0.05) is 42.2 Å². The van der Waals surface area contributed by atoms with Gasteiger partial charge >= 0.3 is 0 Å². The number of hydrogen-bond acceptors (Lipinski definition) is 6. The predicted molar refractivity (Wildman–Crippen MR) is 105 cm³/mol. The monoisotopic (exact) mass is 415 g/mol. The van der Waals surface area contributed by atoms with Crippen molar-refractivity contribution in [3.8, 4) is 11.1 Å². The van der Waals surface area contributed by atoms with E-state index in [2.05, 4.69) is 14.9 Å². The summed E-state index contributed by atoms with van der Waals surface area (Å²) in [6.45, 7) is 3.96. The Morgan fingerprint density at radius 2 is 2.00 bits per heavy atom. The summed E-state index contributed by atoms with van der Waals surface area (Å²) >= 11 is 1.61. The average Bonchev–Trinajstić information content (AvgIpc) is 3.33. The summed E-state index contributed by atoms with van der Waals surface area (Å²) in [4.78, 5) is 11.8. The molecule has 1 saturated heterocycles. The predicted octanol–water partition coefficient (Wildman–Crippen LogP) is 3.41. The van der Waals surface area contributed by atoms with E-state index >= 15 is 0 Å². The van der Waals surface area contributed by atoms with E-state index in [0.717, 1.165) is 28.9 Å². The van der Waals surface area contributed by atoms with E-state index in [4.69, 9.17) is 0 Å². The molecule has 0 amide bonds. The van der Waals surface area contributed by atoms with Crippen LogP contribution in [-0.4, -0.2) is 41.6 Å². The van der Waals surface area contributed by atoms with Crippen molar-refractivity contribution < 1.29 is 12.8 Å². The minimum absolute atomic E-state index is 0.0402. The average molecular weight is 416 g/mol. The van der Waals surface area contributed by atoms with Crippen LogP contribution < -0.4 is 0 Å². The number of sulfone groups is 1. The van der Waals surface area contributed by atoms with Gasteiger partial charge in [0.05, 0.1) is 21.3 Å². The first kappa shape index (κ1) is 17.9.